The first kappa shape index (κ1) is 32.4. The lowest BCUT2D eigenvalue weighted by molar-refractivity contribution is 0.0688. The first-order valence-electron chi connectivity index (χ1n) is 13.1. The Morgan fingerprint density at radius 1 is 1.18 bits per heavy atom. The van der Waals surface area contributed by atoms with Crippen LogP contribution in [0, 0.1) is 0 Å². The van der Waals surface area contributed by atoms with Gasteiger partial charge < -0.3 is 20.6 Å². The Morgan fingerprint density at radius 3 is 2.71 bits per heavy atom. The molecule has 234 valence electrons. The number of aromatic amines is 1. The fourth-order valence-corrected chi connectivity index (χ4v) is 4.89. The van der Waals surface area contributed by atoms with E-state index in [1.807, 2.05) is 18.2 Å². The van der Waals surface area contributed by atoms with Crippen molar-refractivity contribution in [3.63, 3.8) is 0 Å². The number of carboxylic acids is 1. The standard InChI is InChI=1S/C17H13N5O5.C11H11N3O2.CH4.ClH/c1-21-11-6-9(2-3-13(11)27-17(21)26)8-19-14(23)10-7-12(15(24)25)22-5-4-18-16(22)20-10;12-9-4-2-6-5-7(1-3-8(6)9)10-13-11(15)16-14-10;;/h2-7H,8H2,1H3,(H,19,23)(H,24,25);1,3,5,9H,2,4,12H2,(H,13,14,15);1H4;1H/t;9-;;/m.0../s1. The number of halogens is 1. The second-order valence-corrected chi connectivity index (χ2v) is 9.84. The van der Waals surface area contributed by atoms with Crippen LogP contribution in [0.1, 0.15) is 57.6 Å². The number of oxazole rings is 1. The van der Waals surface area contributed by atoms with Gasteiger partial charge in [0.25, 0.3) is 5.91 Å². The van der Waals surface area contributed by atoms with Crippen molar-refractivity contribution in [2.24, 2.45) is 12.8 Å². The minimum Gasteiger partial charge on any atom is -0.477 e. The number of hydrogen-bond donors (Lipinski definition) is 4. The second kappa shape index (κ2) is 13.0. The van der Waals surface area contributed by atoms with Crippen molar-refractivity contribution in [1.29, 1.82) is 0 Å². The number of nitrogens with zero attached hydrogens (tertiary/aromatic N) is 5. The Balaban J connectivity index is 0.000000220. The van der Waals surface area contributed by atoms with E-state index in [1.54, 1.807) is 25.2 Å². The largest absolute Gasteiger partial charge is 0.477 e. The van der Waals surface area contributed by atoms with Gasteiger partial charge in [-0.05, 0) is 47.7 Å². The van der Waals surface area contributed by atoms with E-state index in [2.05, 4.69) is 29.9 Å². The predicted molar refractivity (Wildman–Crippen MR) is 164 cm³/mol. The Kier molecular flexibility index (Phi) is 9.34. The summed E-state index contributed by atoms with van der Waals surface area (Å²) in [5, 5.41) is 15.6. The Bertz CT molecular complexity index is 2140. The summed E-state index contributed by atoms with van der Waals surface area (Å²) in [6.45, 7) is 0.165. The number of benzene rings is 2. The van der Waals surface area contributed by atoms with Crippen LogP contribution in [0.4, 0.5) is 0 Å². The zero-order valence-electron chi connectivity index (χ0n) is 23.0. The van der Waals surface area contributed by atoms with E-state index in [1.165, 1.54) is 38.6 Å². The Hall–Kier alpha value is -5.54. The summed E-state index contributed by atoms with van der Waals surface area (Å²) >= 11 is 0. The van der Waals surface area contributed by atoms with Crippen molar-refractivity contribution in [2.45, 2.75) is 32.9 Å². The molecule has 0 aliphatic heterocycles. The molecule has 0 bridgehead atoms. The average Bonchev–Trinajstić information content (AvgIpc) is 3.79. The lowest BCUT2D eigenvalue weighted by Gasteiger charge is -2.07. The maximum atomic E-state index is 12.4. The van der Waals surface area contributed by atoms with Crippen molar-refractivity contribution in [1.82, 2.24) is 34.4 Å². The minimum absolute atomic E-state index is 0. The topological polar surface area (TPSA) is 217 Å². The molecule has 0 fully saturated rings. The van der Waals surface area contributed by atoms with E-state index < -0.39 is 23.4 Å². The molecule has 7 rings (SSSR count). The van der Waals surface area contributed by atoms with Crippen LogP contribution in [0.15, 0.2) is 73.4 Å². The minimum atomic E-state index is -1.19. The summed E-state index contributed by atoms with van der Waals surface area (Å²) in [7, 11) is 1.59. The van der Waals surface area contributed by atoms with E-state index in [0.717, 1.165) is 24.0 Å². The summed E-state index contributed by atoms with van der Waals surface area (Å²) in [4.78, 5) is 56.7. The zero-order valence-corrected chi connectivity index (χ0v) is 23.8. The van der Waals surface area contributed by atoms with Crippen molar-refractivity contribution in [2.75, 3.05) is 0 Å². The van der Waals surface area contributed by atoms with E-state index in [4.69, 9.17) is 10.2 Å². The molecular weight excluding hydrogens is 608 g/mol. The fourth-order valence-electron chi connectivity index (χ4n) is 4.89. The third kappa shape index (κ3) is 6.39. The molecule has 0 radical (unpaired) electrons. The summed E-state index contributed by atoms with van der Waals surface area (Å²) in [5.41, 5.74) is 10.9. The number of carbonyl (C=O) groups excluding carboxylic acids is 1. The molecule has 2 aromatic carbocycles. The molecule has 4 heterocycles. The van der Waals surface area contributed by atoms with Gasteiger partial charge in [0.05, 0.1) is 5.52 Å². The number of H-pyrrole nitrogens is 1. The van der Waals surface area contributed by atoms with Gasteiger partial charge in [-0.1, -0.05) is 30.8 Å². The number of aromatic nitrogens is 6. The van der Waals surface area contributed by atoms with Gasteiger partial charge in [-0.3, -0.25) is 23.3 Å². The molecule has 6 aromatic rings. The van der Waals surface area contributed by atoms with Crippen molar-refractivity contribution in [3.8, 4) is 11.4 Å². The van der Waals surface area contributed by atoms with Crippen molar-refractivity contribution in [3.05, 3.63) is 104 Å². The number of rotatable bonds is 5. The van der Waals surface area contributed by atoms with E-state index in [0.29, 0.717) is 16.9 Å². The van der Waals surface area contributed by atoms with Crippen LogP contribution in [0.25, 0.3) is 28.3 Å². The van der Waals surface area contributed by atoms with Gasteiger partial charge in [-0.2, -0.15) is 0 Å². The molecule has 1 aliphatic rings. The molecule has 16 heteroatoms. The van der Waals surface area contributed by atoms with Crippen LogP contribution >= 0.6 is 12.4 Å². The normalized spacial score (nSPS) is 13.3. The Morgan fingerprint density at radius 2 is 1.98 bits per heavy atom. The molecule has 0 spiro atoms. The van der Waals surface area contributed by atoms with Crippen LogP contribution in [-0.4, -0.2) is 46.1 Å². The molecule has 0 saturated carbocycles. The van der Waals surface area contributed by atoms with Crippen molar-refractivity contribution < 1.29 is 23.6 Å². The number of nitrogens with two attached hydrogens (primary N) is 1. The van der Waals surface area contributed by atoms with Crippen LogP contribution in [-0.2, 0) is 20.0 Å². The number of aryl methyl sites for hydroxylation is 2. The van der Waals surface area contributed by atoms with Crippen LogP contribution < -0.4 is 22.6 Å². The molecule has 15 nitrogen and oxygen atoms in total. The molecular formula is C29H29ClN8O7. The third-order valence-corrected chi connectivity index (χ3v) is 7.12. The number of amides is 1. The molecule has 1 amide bonds. The maximum absolute atomic E-state index is 12.4. The summed E-state index contributed by atoms with van der Waals surface area (Å²) < 4.78 is 12.2. The van der Waals surface area contributed by atoms with Gasteiger partial charge >= 0.3 is 17.5 Å². The highest BCUT2D eigenvalue weighted by Crippen LogP contribution is 2.31. The van der Waals surface area contributed by atoms with Crippen LogP contribution in [0.2, 0.25) is 0 Å². The summed E-state index contributed by atoms with van der Waals surface area (Å²) in [6.07, 6.45) is 4.82. The molecule has 1 atom stereocenters. The molecule has 0 saturated heterocycles. The van der Waals surface area contributed by atoms with E-state index >= 15 is 0 Å². The first-order chi connectivity index (χ1) is 20.7. The lowest BCUT2D eigenvalue weighted by atomic mass is 10.0. The van der Waals surface area contributed by atoms with Crippen molar-refractivity contribution >= 4 is 41.2 Å². The van der Waals surface area contributed by atoms with Gasteiger partial charge in [0.15, 0.2) is 11.4 Å². The van der Waals surface area contributed by atoms with Gasteiger partial charge in [-0.25, -0.2) is 24.4 Å². The smallest absolute Gasteiger partial charge is 0.439 e. The highest BCUT2D eigenvalue weighted by Gasteiger charge is 2.20. The number of hydrogen-bond acceptors (Lipinski definition) is 10. The fraction of sp³-hybridized carbons (Fsp3) is 0.207. The highest BCUT2D eigenvalue weighted by molar-refractivity contribution is 5.96. The molecule has 5 N–H and O–H groups in total. The van der Waals surface area contributed by atoms with Gasteiger partial charge in [0, 0.05) is 43.7 Å². The van der Waals surface area contributed by atoms with E-state index in [-0.39, 0.29) is 49.6 Å². The van der Waals surface area contributed by atoms with E-state index in [9.17, 15) is 24.3 Å². The number of carboxylic acid groups (broad SMARTS) is 1. The number of carbonyl (C=O) groups is 2. The second-order valence-electron chi connectivity index (χ2n) is 9.84. The quantitative estimate of drug-likeness (QED) is 0.216. The maximum Gasteiger partial charge on any atom is 0.439 e. The molecule has 1 aliphatic carbocycles. The van der Waals surface area contributed by atoms with Gasteiger partial charge in [-0.15, -0.1) is 12.4 Å². The van der Waals surface area contributed by atoms with Crippen LogP contribution in [0.3, 0.4) is 0 Å². The van der Waals surface area contributed by atoms with Gasteiger partial charge in [0.1, 0.15) is 11.4 Å². The number of imidazole rings is 1. The molecule has 45 heavy (non-hydrogen) atoms. The first-order valence-corrected chi connectivity index (χ1v) is 13.1. The number of fused-ring (bicyclic) bond motifs is 3. The zero-order chi connectivity index (χ0) is 30.2. The molecule has 0 unspecified atom stereocenters. The predicted octanol–water partition coefficient (Wildman–Crippen LogP) is 2.84. The summed E-state index contributed by atoms with van der Waals surface area (Å²) in [6, 6.07) is 12.3. The number of aromatic carboxylic acids is 1. The van der Waals surface area contributed by atoms with Gasteiger partial charge in [0.2, 0.25) is 5.78 Å². The molecule has 4 aromatic heterocycles. The summed E-state index contributed by atoms with van der Waals surface area (Å²) in [5.74, 6) is -2.15. The number of nitrogens with one attached hydrogen (secondary N) is 2. The highest BCUT2D eigenvalue weighted by atomic mass is 35.5. The Labute approximate surface area is 260 Å². The van der Waals surface area contributed by atoms with Crippen LogP contribution in [0.5, 0.6) is 0 Å². The average molecular weight is 637 g/mol. The SMILES string of the molecule is C.Cl.Cn1c(=O)oc2ccc(CNC(=O)c3cc(C(=O)O)n4ccnc4n3)cc21.N[C@H]1CCc2cc(-c3noc(=O)[nH]3)ccc21. The third-order valence-electron chi connectivity index (χ3n) is 7.12. The monoisotopic (exact) mass is 636 g/mol. The lowest BCUT2D eigenvalue weighted by Crippen LogP contribution is -2.25.